The zero-order valence-electron chi connectivity index (χ0n) is 12.8. The zero-order chi connectivity index (χ0) is 14.6. The number of carbonyl (C=O) groups is 2. The molecule has 0 radical (unpaired) electrons. The van der Waals surface area contributed by atoms with Crippen molar-refractivity contribution in [1.29, 1.82) is 0 Å². The molecule has 0 aromatic heterocycles. The molecule has 112 valence electrons. The molecule has 1 amide bonds. The molecule has 4 atom stereocenters. The van der Waals surface area contributed by atoms with Gasteiger partial charge in [-0.3, -0.25) is 9.59 Å². The van der Waals surface area contributed by atoms with Gasteiger partial charge in [0.2, 0.25) is 5.91 Å². The van der Waals surface area contributed by atoms with Gasteiger partial charge in [0, 0.05) is 24.8 Å². The van der Waals surface area contributed by atoms with Crippen LogP contribution < -0.4 is 5.32 Å². The summed E-state index contributed by atoms with van der Waals surface area (Å²) in [5.41, 5.74) is 0.324. The molecular weight excluding hydrogens is 254 g/mol. The molecule has 4 aliphatic rings. The van der Waals surface area contributed by atoms with Crippen molar-refractivity contribution in [2.24, 2.45) is 16.7 Å². The highest BCUT2D eigenvalue weighted by molar-refractivity contribution is 5.74. The Kier molecular flexibility index (Phi) is 2.93. The number of esters is 1. The first-order chi connectivity index (χ1) is 9.24. The quantitative estimate of drug-likeness (QED) is 0.807. The van der Waals surface area contributed by atoms with Gasteiger partial charge in [-0.05, 0) is 49.9 Å². The number of hydrogen-bond donors (Lipinski definition) is 1. The zero-order valence-corrected chi connectivity index (χ0v) is 12.8. The first kappa shape index (κ1) is 13.9. The SMILES string of the molecule is CC(=O)NC12CC3CC(C)(CC(COC(C)=O)(C3)C1)C2. The van der Waals surface area contributed by atoms with E-state index >= 15 is 0 Å². The second kappa shape index (κ2) is 4.22. The van der Waals surface area contributed by atoms with Crippen molar-refractivity contribution in [3.8, 4) is 0 Å². The summed E-state index contributed by atoms with van der Waals surface area (Å²) in [5, 5.41) is 3.25. The third-order valence-corrected chi connectivity index (χ3v) is 5.49. The third-order valence-electron chi connectivity index (χ3n) is 5.49. The number of rotatable bonds is 3. The lowest BCUT2D eigenvalue weighted by atomic mass is 9.42. The summed E-state index contributed by atoms with van der Waals surface area (Å²) >= 11 is 0. The summed E-state index contributed by atoms with van der Waals surface area (Å²) in [6, 6.07) is 0. The van der Waals surface area contributed by atoms with Crippen LogP contribution in [0, 0.1) is 16.7 Å². The van der Waals surface area contributed by atoms with E-state index in [9.17, 15) is 9.59 Å². The molecule has 4 bridgehead atoms. The van der Waals surface area contributed by atoms with E-state index in [4.69, 9.17) is 4.74 Å². The molecule has 4 rings (SSSR count). The normalized spacial score (nSPS) is 45.2. The van der Waals surface area contributed by atoms with E-state index in [1.54, 1.807) is 6.92 Å². The summed E-state index contributed by atoms with van der Waals surface area (Å²) in [6.07, 6.45) is 6.69. The van der Waals surface area contributed by atoms with Crippen molar-refractivity contribution in [3.63, 3.8) is 0 Å². The van der Waals surface area contributed by atoms with Crippen LogP contribution >= 0.6 is 0 Å². The van der Waals surface area contributed by atoms with Gasteiger partial charge in [-0.2, -0.15) is 0 Å². The first-order valence-electron chi connectivity index (χ1n) is 7.66. The topological polar surface area (TPSA) is 55.4 Å². The van der Waals surface area contributed by atoms with Gasteiger partial charge >= 0.3 is 5.97 Å². The number of nitrogens with one attached hydrogen (secondary N) is 1. The molecule has 4 unspecified atom stereocenters. The Bertz CT molecular complexity index is 463. The lowest BCUT2D eigenvalue weighted by Gasteiger charge is -2.65. The molecule has 0 aromatic rings. The summed E-state index contributed by atoms with van der Waals surface area (Å²) in [4.78, 5) is 22.8. The lowest BCUT2D eigenvalue weighted by Crippen LogP contribution is -2.66. The summed E-state index contributed by atoms with van der Waals surface area (Å²) in [5.74, 6) is 0.538. The second-order valence-electron chi connectivity index (χ2n) is 8.06. The predicted molar refractivity (Wildman–Crippen MR) is 74.9 cm³/mol. The summed E-state index contributed by atoms with van der Waals surface area (Å²) in [6.45, 7) is 5.96. The highest BCUT2D eigenvalue weighted by Gasteiger charge is 2.62. The number of carbonyl (C=O) groups excluding carboxylic acids is 2. The van der Waals surface area contributed by atoms with Gasteiger partial charge < -0.3 is 10.1 Å². The monoisotopic (exact) mass is 279 g/mol. The smallest absolute Gasteiger partial charge is 0.302 e. The predicted octanol–water partition coefficient (Wildman–Crippen LogP) is 2.41. The average Bonchev–Trinajstić information content (AvgIpc) is 2.20. The minimum atomic E-state index is -0.195. The van der Waals surface area contributed by atoms with Gasteiger partial charge in [0.25, 0.3) is 0 Å². The second-order valence-corrected chi connectivity index (χ2v) is 8.06. The van der Waals surface area contributed by atoms with Crippen molar-refractivity contribution < 1.29 is 14.3 Å². The van der Waals surface area contributed by atoms with Crippen LogP contribution in [0.3, 0.4) is 0 Å². The van der Waals surface area contributed by atoms with E-state index in [-0.39, 0.29) is 22.8 Å². The Hall–Kier alpha value is -1.06. The fraction of sp³-hybridized carbons (Fsp3) is 0.875. The maximum Gasteiger partial charge on any atom is 0.302 e. The van der Waals surface area contributed by atoms with E-state index in [1.807, 2.05) is 0 Å². The number of ether oxygens (including phenoxy) is 1. The molecule has 0 saturated heterocycles. The van der Waals surface area contributed by atoms with Gasteiger partial charge in [-0.25, -0.2) is 0 Å². The number of hydrogen-bond acceptors (Lipinski definition) is 3. The van der Waals surface area contributed by atoms with E-state index in [1.165, 1.54) is 13.3 Å². The molecule has 0 aromatic carbocycles. The first-order valence-corrected chi connectivity index (χ1v) is 7.66. The standard InChI is InChI=1S/C16H25NO3/c1-11(18)17-16-6-13-4-14(3,8-16)7-15(5-13,9-16)10-20-12(2)19/h13H,4-10H2,1-3H3,(H,17,18). The van der Waals surface area contributed by atoms with E-state index in [0.717, 1.165) is 32.1 Å². The van der Waals surface area contributed by atoms with Gasteiger partial charge in [0.05, 0.1) is 6.61 Å². The van der Waals surface area contributed by atoms with Crippen LogP contribution in [0.1, 0.15) is 59.3 Å². The fourth-order valence-corrected chi connectivity index (χ4v) is 6.07. The molecular formula is C16H25NO3. The van der Waals surface area contributed by atoms with E-state index in [0.29, 0.717) is 17.9 Å². The van der Waals surface area contributed by atoms with Crippen LogP contribution in [-0.2, 0) is 14.3 Å². The van der Waals surface area contributed by atoms with Crippen LogP contribution in [0.2, 0.25) is 0 Å². The highest BCUT2D eigenvalue weighted by Crippen LogP contribution is 2.66. The van der Waals surface area contributed by atoms with Crippen molar-refractivity contribution in [2.75, 3.05) is 6.61 Å². The molecule has 0 spiro atoms. The van der Waals surface area contributed by atoms with Crippen LogP contribution in [-0.4, -0.2) is 24.0 Å². The molecule has 4 heteroatoms. The Labute approximate surface area is 120 Å². The largest absolute Gasteiger partial charge is 0.465 e. The minimum absolute atomic E-state index is 0.0554. The van der Waals surface area contributed by atoms with Crippen LogP contribution in [0.5, 0.6) is 0 Å². The van der Waals surface area contributed by atoms with Gasteiger partial charge in [-0.15, -0.1) is 0 Å². The van der Waals surface area contributed by atoms with Gasteiger partial charge in [-0.1, -0.05) is 6.92 Å². The molecule has 0 heterocycles. The Morgan fingerprint density at radius 3 is 2.50 bits per heavy atom. The Morgan fingerprint density at radius 2 is 1.90 bits per heavy atom. The Morgan fingerprint density at radius 1 is 1.15 bits per heavy atom. The molecule has 20 heavy (non-hydrogen) atoms. The number of amides is 1. The molecule has 4 aliphatic carbocycles. The molecule has 1 N–H and O–H groups in total. The molecule has 4 nitrogen and oxygen atoms in total. The maximum absolute atomic E-state index is 11.6. The van der Waals surface area contributed by atoms with Crippen molar-refractivity contribution >= 4 is 11.9 Å². The van der Waals surface area contributed by atoms with Crippen LogP contribution in [0.4, 0.5) is 0 Å². The molecule has 4 saturated carbocycles. The van der Waals surface area contributed by atoms with Gasteiger partial charge in [0.1, 0.15) is 0 Å². The average molecular weight is 279 g/mol. The highest BCUT2D eigenvalue weighted by atomic mass is 16.5. The molecule has 4 fully saturated rings. The lowest BCUT2D eigenvalue weighted by molar-refractivity contribution is -0.169. The summed E-state index contributed by atoms with van der Waals surface area (Å²) in [7, 11) is 0. The minimum Gasteiger partial charge on any atom is -0.465 e. The third kappa shape index (κ3) is 2.33. The fourth-order valence-electron chi connectivity index (χ4n) is 6.07. The van der Waals surface area contributed by atoms with Gasteiger partial charge in [0.15, 0.2) is 0 Å². The van der Waals surface area contributed by atoms with Crippen molar-refractivity contribution in [1.82, 2.24) is 5.32 Å². The van der Waals surface area contributed by atoms with E-state index in [2.05, 4.69) is 12.2 Å². The molecule has 0 aliphatic heterocycles. The van der Waals surface area contributed by atoms with Crippen molar-refractivity contribution in [3.05, 3.63) is 0 Å². The van der Waals surface area contributed by atoms with Crippen LogP contribution in [0.15, 0.2) is 0 Å². The maximum atomic E-state index is 11.6. The summed E-state index contributed by atoms with van der Waals surface area (Å²) < 4.78 is 5.37. The van der Waals surface area contributed by atoms with E-state index < -0.39 is 0 Å². The Balaban J connectivity index is 1.87. The van der Waals surface area contributed by atoms with Crippen molar-refractivity contribution in [2.45, 2.75) is 64.8 Å². The van der Waals surface area contributed by atoms with Crippen LogP contribution in [0.25, 0.3) is 0 Å².